The molecular formula is C12H16BrNO3S. The van der Waals surface area contributed by atoms with Crippen LogP contribution in [0.3, 0.4) is 0 Å². The molecule has 1 aromatic carbocycles. The first-order chi connectivity index (χ1) is 8.45. The van der Waals surface area contributed by atoms with Gasteiger partial charge in [0.1, 0.15) is 0 Å². The highest BCUT2D eigenvalue weighted by molar-refractivity contribution is 9.10. The fourth-order valence-electron chi connectivity index (χ4n) is 1.32. The molecule has 0 aliphatic heterocycles. The maximum absolute atomic E-state index is 12.1. The third-order valence-electron chi connectivity index (χ3n) is 2.38. The Bertz CT molecular complexity index is 397. The molecular weight excluding hydrogens is 318 g/mol. The molecule has 18 heavy (non-hydrogen) atoms. The second kappa shape index (κ2) is 7.13. The Hall–Kier alpha value is -0.560. The number of carbonyl (C=O) groups excluding carboxylic acids is 1. The van der Waals surface area contributed by atoms with Gasteiger partial charge in [0.15, 0.2) is 10.9 Å². The Morgan fingerprint density at radius 1 is 1.39 bits per heavy atom. The monoisotopic (exact) mass is 333 g/mol. The maximum atomic E-state index is 12.1. The van der Waals surface area contributed by atoms with E-state index in [0.29, 0.717) is 4.90 Å². The van der Waals surface area contributed by atoms with E-state index >= 15 is 0 Å². The summed E-state index contributed by atoms with van der Waals surface area (Å²) in [6.45, 7) is 3.74. The van der Waals surface area contributed by atoms with Crippen LogP contribution in [0, 0.1) is 5.92 Å². The summed E-state index contributed by atoms with van der Waals surface area (Å²) >= 11 is 1.87. The SMILES string of the molecule is COC(=O)[C@@H](N[S+]([O-])c1ccc(Br)cc1)C(C)C. The molecule has 2 atom stereocenters. The summed E-state index contributed by atoms with van der Waals surface area (Å²) in [5.41, 5.74) is 0. The van der Waals surface area contributed by atoms with E-state index in [9.17, 15) is 9.35 Å². The predicted molar refractivity (Wildman–Crippen MR) is 74.3 cm³/mol. The van der Waals surface area contributed by atoms with Crippen molar-refractivity contribution in [3.8, 4) is 0 Å². The van der Waals surface area contributed by atoms with Crippen LogP contribution in [0.2, 0.25) is 0 Å². The van der Waals surface area contributed by atoms with Crippen molar-refractivity contribution in [1.82, 2.24) is 4.72 Å². The van der Waals surface area contributed by atoms with Gasteiger partial charge in [0.2, 0.25) is 0 Å². The summed E-state index contributed by atoms with van der Waals surface area (Å²) < 4.78 is 20.5. The predicted octanol–water partition coefficient (Wildman–Crippen LogP) is 2.26. The number of esters is 1. The molecule has 0 saturated heterocycles. The molecule has 0 saturated carbocycles. The summed E-state index contributed by atoms with van der Waals surface area (Å²) in [7, 11) is 1.32. The molecule has 1 N–H and O–H groups in total. The molecule has 0 heterocycles. The minimum atomic E-state index is -1.44. The van der Waals surface area contributed by atoms with Gasteiger partial charge in [-0.05, 0) is 30.2 Å². The van der Waals surface area contributed by atoms with Crippen molar-refractivity contribution in [3.05, 3.63) is 28.7 Å². The quantitative estimate of drug-likeness (QED) is 0.663. The standard InChI is InChI=1S/C12H16BrNO3S/c1-8(2)11(12(15)17-3)14-18(16)10-6-4-9(13)5-7-10/h4-8,11,14H,1-3H3/t11-,18?/m0/s1. The molecule has 0 amide bonds. The Kier molecular flexibility index (Phi) is 6.14. The van der Waals surface area contributed by atoms with Crippen molar-refractivity contribution in [2.75, 3.05) is 7.11 Å². The van der Waals surface area contributed by atoms with Gasteiger partial charge < -0.3 is 9.29 Å². The zero-order valence-electron chi connectivity index (χ0n) is 10.5. The molecule has 1 aromatic rings. The summed E-state index contributed by atoms with van der Waals surface area (Å²) in [5, 5.41) is 0. The number of methoxy groups -OCH3 is 1. The van der Waals surface area contributed by atoms with Crippen LogP contribution >= 0.6 is 15.9 Å². The first-order valence-electron chi connectivity index (χ1n) is 5.47. The Morgan fingerprint density at radius 2 is 1.94 bits per heavy atom. The van der Waals surface area contributed by atoms with Gasteiger partial charge in [-0.1, -0.05) is 29.8 Å². The van der Waals surface area contributed by atoms with Gasteiger partial charge in [-0.15, -0.1) is 4.72 Å². The van der Waals surface area contributed by atoms with Gasteiger partial charge in [0, 0.05) is 4.47 Å². The third-order valence-corrected chi connectivity index (χ3v) is 4.08. The lowest BCUT2D eigenvalue weighted by atomic mass is 10.1. The molecule has 6 heteroatoms. The molecule has 100 valence electrons. The van der Waals surface area contributed by atoms with Crippen LogP contribution in [0.5, 0.6) is 0 Å². The van der Waals surface area contributed by atoms with Crippen molar-refractivity contribution in [3.63, 3.8) is 0 Å². The highest BCUT2D eigenvalue weighted by atomic mass is 79.9. The van der Waals surface area contributed by atoms with E-state index in [0.717, 1.165) is 4.47 Å². The topological polar surface area (TPSA) is 61.4 Å². The van der Waals surface area contributed by atoms with Gasteiger partial charge in [-0.3, -0.25) is 4.79 Å². The lowest BCUT2D eigenvalue weighted by Crippen LogP contribution is -2.44. The average molecular weight is 334 g/mol. The van der Waals surface area contributed by atoms with Gasteiger partial charge in [0.05, 0.1) is 18.5 Å². The molecule has 0 bridgehead atoms. The molecule has 0 aromatic heterocycles. The highest BCUT2D eigenvalue weighted by Gasteiger charge is 2.28. The van der Waals surface area contributed by atoms with Crippen LogP contribution in [0.1, 0.15) is 13.8 Å². The average Bonchev–Trinajstić information content (AvgIpc) is 2.35. The minimum Gasteiger partial charge on any atom is -0.593 e. The van der Waals surface area contributed by atoms with E-state index in [-0.39, 0.29) is 5.92 Å². The van der Waals surface area contributed by atoms with Crippen molar-refractivity contribution in [1.29, 1.82) is 0 Å². The van der Waals surface area contributed by atoms with Crippen LogP contribution in [0.15, 0.2) is 33.6 Å². The minimum absolute atomic E-state index is 0.00292. The number of nitrogens with one attached hydrogen (secondary N) is 1. The number of benzene rings is 1. The molecule has 0 spiro atoms. The van der Waals surface area contributed by atoms with Crippen molar-refractivity contribution in [2.45, 2.75) is 24.8 Å². The molecule has 0 aliphatic carbocycles. The lowest BCUT2D eigenvalue weighted by molar-refractivity contribution is -0.143. The van der Waals surface area contributed by atoms with Crippen LogP contribution in [0.25, 0.3) is 0 Å². The number of ether oxygens (including phenoxy) is 1. The molecule has 4 nitrogen and oxygen atoms in total. The van der Waals surface area contributed by atoms with Crippen LogP contribution < -0.4 is 4.72 Å². The van der Waals surface area contributed by atoms with E-state index in [1.54, 1.807) is 24.3 Å². The maximum Gasteiger partial charge on any atom is 0.327 e. The Labute approximate surface area is 119 Å². The lowest BCUT2D eigenvalue weighted by Gasteiger charge is -2.20. The first kappa shape index (κ1) is 15.5. The van der Waals surface area contributed by atoms with Gasteiger partial charge in [-0.2, -0.15) is 0 Å². The molecule has 1 unspecified atom stereocenters. The number of halogens is 1. The fourth-order valence-corrected chi connectivity index (χ4v) is 2.71. The second-order valence-electron chi connectivity index (χ2n) is 4.09. The molecule has 0 fully saturated rings. The Morgan fingerprint density at radius 3 is 2.39 bits per heavy atom. The summed E-state index contributed by atoms with van der Waals surface area (Å²) in [4.78, 5) is 12.2. The summed E-state index contributed by atoms with van der Waals surface area (Å²) in [6.07, 6.45) is 0. The van der Waals surface area contributed by atoms with Crippen LogP contribution in [-0.2, 0) is 20.9 Å². The smallest absolute Gasteiger partial charge is 0.327 e. The van der Waals surface area contributed by atoms with Crippen molar-refractivity contribution >= 4 is 33.3 Å². The number of hydrogen-bond acceptors (Lipinski definition) is 4. The van der Waals surface area contributed by atoms with E-state index < -0.39 is 23.4 Å². The third kappa shape index (κ3) is 4.28. The van der Waals surface area contributed by atoms with E-state index in [4.69, 9.17) is 0 Å². The van der Waals surface area contributed by atoms with Crippen molar-refractivity contribution < 1.29 is 14.1 Å². The number of carbonyl (C=O) groups is 1. The molecule has 1 rings (SSSR count). The van der Waals surface area contributed by atoms with Crippen LogP contribution in [0.4, 0.5) is 0 Å². The van der Waals surface area contributed by atoms with E-state index in [1.807, 2.05) is 13.8 Å². The first-order valence-corrected chi connectivity index (χ1v) is 7.41. The largest absolute Gasteiger partial charge is 0.593 e. The number of rotatable bonds is 5. The zero-order valence-corrected chi connectivity index (χ0v) is 12.9. The van der Waals surface area contributed by atoms with Crippen molar-refractivity contribution in [2.24, 2.45) is 5.92 Å². The van der Waals surface area contributed by atoms with Gasteiger partial charge in [-0.25, -0.2) is 0 Å². The Balaban J connectivity index is 2.75. The zero-order chi connectivity index (χ0) is 13.7. The summed E-state index contributed by atoms with van der Waals surface area (Å²) in [5.74, 6) is -0.410. The number of hydrogen-bond donors (Lipinski definition) is 1. The van der Waals surface area contributed by atoms with Crippen LogP contribution in [-0.4, -0.2) is 23.7 Å². The highest BCUT2D eigenvalue weighted by Crippen LogP contribution is 2.16. The summed E-state index contributed by atoms with van der Waals surface area (Å²) in [6, 6.07) is 6.50. The van der Waals surface area contributed by atoms with Gasteiger partial charge >= 0.3 is 5.97 Å². The molecule has 0 aliphatic rings. The van der Waals surface area contributed by atoms with Gasteiger partial charge in [0.25, 0.3) is 0 Å². The van der Waals surface area contributed by atoms with E-state index in [1.165, 1.54) is 7.11 Å². The second-order valence-corrected chi connectivity index (χ2v) is 6.25. The fraction of sp³-hybridized carbons (Fsp3) is 0.417. The van der Waals surface area contributed by atoms with E-state index in [2.05, 4.69) is 25.4 Å². The molecule has 0 radical (unpaired) electrons. The normalized spacial score (nSPS) is 14.3.